The van der Waals surface area contributed by atoms with Crippen molar-refractivity contribution in [3.05, 3.63) is 72.2 Å². The van der Waals surface area contributed by atoms with Crippen LogP contribution in [0.15, 0.2) is 55.1 Å². The summed E-state index contributed by atoms with van der Waals surface area (Å²) in [4.78, 5) is 15.9. The number of amides is 1. The third-order valence-corrected chi connectivity index (χ3v) is 3.26. The van der Waals surface area contributed by atoms with Gasteiger partial charge in [-0.15, -0.1) is 10.2 Å². The Morgan fingerprint density at radius 3 is 2.61 bits per heavy atom. The Bertz CT molecular complexity index is 769. The van der Waals surface area contributed by atoms with Crippen LogP contribution in [0.25, 0.3) is 5.82 Å². The van der Waals surface area contributed by atoms with Crippen molar-refractivity contribution in [2.75, 3.05) is 6.54 Å². The topological polar surface area (TPSA) is 72.7 Å². The summed E-state index contributed by atoms with van der Waals surface area (Å²) in [7, 11) is 0. The van der Waals surface area contributed by atoms with Gasteiger partial charge in [0.05, 0.1) is 0 Å². The summed E-state index contributed by atoms with van der Waals surface area (Å²) >= 11 is 0. The summed E-state index contributed by atoms with van der Waals surface area (Å²) in [6.45, 7) is 0.440. The second kappa shape index (κ2) is 6.78. The van der Waals surface area contributed by atoms with Gasteiger partial charge in [0.2, 0.25) is 0 Å². The third-order valence-electron chi connectivity index (χ3n) is 3.26. The summed E-state index contributed by atoms with van der Waals surface area (Å²) in [6, 6.07) is 9.50. The van der Waals surface area contributed by atoms with E-state index in [9.17, 15) is 9.18 Å². The molecule has 0 spiro atoms. The zero-order valence-corrected chi connectivity index (χ0v) is 12.2. The van der Waals surface area contributed by atoms with Crippen molar-refractivity contribution < 1.29 is 9.18 Å². The molecule has 7 heteroatoms. The van der Waals surface area contributed by atoms with Crippen LogP contribution in [-0.4, -0.2) is 32.2 Å². The molecule has 3 rings (SSSR count). The molecule has 0 fully saturated rings. The fourth-order valence-corrected chi connectivity index (χ4v) is 2.04. The van der Waals surface area contributed by atoms with E-state index >= 15 is 0 Å². The van der Waals surface area contributed by atoms with Crippen LogP contribution in [0.3, 0.4) is 0 Å². The molecule has 0 radical (unpaired) electrons. The van der Waals surface area contributed by atoms with Gasteiger partial charge in [0, 0.05) is 18.9 Å². The normalized spacial score (nSPS) is 10.5. The number of hydrogen-bond acceptors (Lipinski definition) is 4. The molecule has 116 valence electrons. The largest absolute Gasteiger partial charge is 0.350 e. The van der Waals surface area contributed by atoms with Gasteiger partial charge in [0.25, 0.3) is 5.91 Å². The van der Waals surface area contributed by atoms with E-state index in [4.69, 9.17) is 0 Å². The Morgan fingerprint density at radius 2 is 1.96 bits per heavy atom. The first-order valence-electron chi connectivity index (χ1n) is 7.07. The average Bonchev–Trinajstić information content (AvgIpc) is 3.11. The molecule has 2 heterocycles. The number of nitrogens with zero attached hydrogens (tertiary/aromatic N) is 4. The van der Waals surface area contributed by atoms with E-state index < -0.39 is 0 Å². The molecule has 0 aliphatic heterocycles. The van der Waals surface area contributed by atoms with Crippen molar-refractivity contribution in [3.63, 3.8) is 0 Å². The van der Waals surface area contributed by atoms with Gasteiger partial charge in [0.1, 0.15) is 12.1 Å². The van der Waals surface area contributed by atoms with Crippen LogP contribution in [0.4, 0.5) is 4.39 Å². The molecule has 0 saturated heterocycles. The van der Waals surface area contributed by atoms with Crippen LogP contribution in [0.2, 0.25) is 0 Å². The number of carbonyl (C=O) groups is 1. The van der Waals surface area contributed by atoms with E-state index in [2.05, 4.69) is 20.5 Å². The number of benzene rings is 1. The maximum Gasteiger partial charge on any atom is 0.271 e. The molecule has 1 amide bonds. The zero-order valence-electron chi connectivity index (χ0n) is 12.2. The Balaban J connectivity index is 1.55. The predicted octanol–water partition coefficient (Wildman–Crippen LogP) is 1.77. The third kappa shape index (κ3) is 3.76. The van der Waals surface area contributed by atoms with Crippen LogP contribution in [-0.2, 0) is 6.42 Å². The smallest absolute Gasteiger partial charge is 0.271 e. The SMILES string of the molecule is O=C(NCCc1ccc(F)cc1)c1ccc(-n2ccnc2)nn1. The first-order valence-corrected chi connectivity index (χ1v) is 7.07. The number of rotatable bonds is 5. The predicted molar refractivity (Wildman–Crippen MR) is 81.6 cm³/mol. The van der Waals surface area contributed by atoms with E-state index in [0.29, 0.717) is 18.8 Å². The van der Waals surface area contributed by atoms with Gasteiger partial charge < -0.3 is 5.32 Å². The molecule has 23 heavy (non-hydrogen) atoms. The molecule has 1 aromatic carbocycles. The monoisotopic (exact) mass is 311 g/mol. The molecule has 0 bridgehead atoms. The lowest BCUT2D eigenvalue weighted by atomic mass is 10.1. The molecular weight excluding hydrogens is 297 g/mol. The zero-order chi connectivity index (χ0) is 16.1. The highest BCUT2D eigenvalue weighted by Gasteiger charge is 2.08. The van der Waals surface area contributed by atoms with Gasteiger partial charge in [-0.05, 0) is 36.2 Å². The van der Waals surface area contributed by atoms with E-state index in [1.807, 2.05) is 0 Å². The highest BCUT2D eigenvalue weighted by atomic mass is 19.1. The van der Waals surface area contributed by atoms with Gasteiger partial charge in [-0.2, -0.15) is 0 Å². The second-order valence-corrected chi connectivity index (χ2v) is 4.88. The highest BCUT2D eigenvalue weighted by molar-refractivity contribution is 5.92. The summed E-state index contributed by atoms with van der Waals surface area (Å²) in [5, 5.41) is 10.7. The van der Waals surface area contributed by atoms with Crippen molar-refractivity contribution in [2.45, 2.75) is 6.42 Å². The lowest BCUT2D eigenvalue weighted by Gasteiger charge is -2.05. The first-order chi connectivity index (χ1) is 11.2. The number of nitrogens with one attached hydrogen (secondary N) is 1. The molecule has 0 atom stereocenters. The van der Waals surface area contributed by atoms with Crippen molar-refractivity contribution >= 4 is 5.91 Å². The number of halogens is 1. The molecule has 0 saturated carbocycles. The van der Waals surface area contributed by atoms with Gasteiger partial charge in [-0.1, -0.05) is 12.1 Å². The van der Waals surface area contributed by atoms with Gasteiger partial charge in [0.15, 0.2) is 11.5 Å². The maximum absolute atomic E-state index is 12.8. The van der Waals surface area contributed by atoms with Gasteiger partial charge in [-0.3, -0.25) is 9.36 Å². The van der Waals surface area contributed by atoms with Gasteiger partial charge in [-0.25, -0.2) is 9.37 Å². The Labute approximate surface area is 132 Å². The Morgan fingerprint density at radius 1 is 1.13 bits per heavy atom. The Kier molecular flexibility index (Phi) is 4.37. The molecule has 0 aliphatic carbocycles. The molecule has 3 aromatic rings. The van der Waals surface area contributed by atoms with Crippen LogP contribution >= 0.6 is 0 Å². The minimum Gasteiger partial charge on any atom is -0.350 e. The van der Waals surface area contributed by atoms with Crippen molar-refractivity contribution in [1.29, 1.82) is 0 Å². The van der Waals surface area contributed by atoms with E-state index in [1.165, 1.54) is 12.1 Å². The molecule has 0 aliphatic rings. The summed E-state index contributed by atoms with van der Waals surface area (Å²) in [5.74, 6) is 0.0215. The molecule has 0 unspecified atom stereocenters. The van der Waals surface area contributed by atoms with E-state index in [1.54, 1.807) is 47.6 Å². The Hall–Kier alpha value is -3.09. The minimum absolute atomic E-state index is 0.243. The number of hydrogen-bond donors (Lipinski definition) is 1. The lowest BCUT2D eigenvalue weighted by Crippen LogP contribution is -2.26. The van der Waals surface area contributed by atoms with Crippen molar-refractivity contribution in [3.8, 4) is 5.82 Å². The second-order valence-electron chi connectivity index (χ2n) is 4.88. The summed E-state index contributed by atoms with van der Waals surface area (Å²) in [6.07, 6.45) is 5.60. The standard InChI is InChI=1S/C16H14FN5O/c17-13-3-1-12(2-4-13)7-8-19-16(23)14-5-6-15(21-20-14)22-10-9-18-11-22/h1-6,9-11H,7-8H2,(H,19,23). The fraction of sp³-hybridized carbons (Fsp3) is 0.125. The van der Waals surface area contributed by atoms with Crippen LogP contribution in [0.5, 0.6) is 0 Å². The van der Waals surface area contributed by atoms with E-state index in [0.717, 1.165) is 5.56 Å². The molecule has 1 N–H and O–H groups in total. The average molecular weight is 311 g/mol. The number of aromatic nitrogens is 4. The quantitative estimate of drug-likeness (QED) is 0.779. The summed E-state index contributed by atoms with van der Waals surface area (Å²) in [5.41, 5.74) is 1.20. The number of carbonyl (C=O) groups excluding carboxylic acids is 1. The molecule has 2 aromatic heterocycles. The highest BCUT2D eigenvalue weighted by Crippen LogP contribution is 2.04. The summed E-state index contributed by atoms with van der Waals surface area (Å²) < 4.78 is 14.5. The van der Waals surface area contributed by atoms with Crippen LogP contribution in [0.1, 0.15) is 16.1 Å². The first kappa shape index (κ1) is 14.8. The van der Waals surface area contributed by atoms with E-state index in [-0.39, 0.29) is 17.4 Å². The van der Waals surface area contributed by atoms with Crippen LogP contribution in [0, 0.1) is 5.82 Å². The maximum atomic E-state index is 12.8. The van der Waals surface area contributed by atoms with Crippen molar-refractivity contribution in [1.82, 2.24) is 25.1 Å². The van der Waals surface area contributed by atoms with Crippen LogP contribution < -0.4 is 5.32 Å². The fourth-order valence-electron chi connectivity index (χ4n) is 2.04. The molecule has 6 nitrogen and oxygen atoms in total. The lowest BCUT2D eigenvalue weighted by molar-refractivity contribution is 0.0948. The molecular formula is C16H14FN5O. The minimum atomic E-state index is -0.295. The van der Waals surface area contributed by atoms with Crippen molar-refractivity contribution in [2.24, 2.45) is 0 Å². The number of imidazole rings is 1. The van der Waals surface area contributed by atoms with Gasteiger partial charge >= 0.3 is 0 Å².